The van der Waals surface area contributed by atoms with Gasteiger partial charge in [0.15, 0.2) is 17.6 Å². The number of piperidine rings is 1. The molecule has 1 amide bonds. The number of likely N-dealkylation sites (tertiary alicyclic amines) is 1. The minimum Gasteiger partial charge on any atom is -0.356 e. The normalized spacial score (nSPS) is 15.6. The van der Waals surface area contributed by atoms with E-state index in [4.69, 9.17) is 0 Å². The summed E-state index contributed by atoms with van der Waals surface area (Å²) in [5.41, 5.74) is 0.776. The fourth-order valence-electron chi connectivity index (χ4n) is 3.07. The van der Waals surface area contributed by atoms with Crippen LogP contribution in [-0.2, 0) is 11.3 Å². The maximum absolute atomic E-state index is 13.4. The molecule has 1 aliphatic heterocycles. The van der Waals surface area contributed by atoms with Crippen LogP contribution in [0.1, 0.15) is 32.3 Å². The first kappa shape index (κ1) is 26.5. The largest absolute Gasteiger partial charge is 0.356 e. The molecule has 0 unspecified atom stereocenters. The number of rotatable bonds is 7. The van der Waals surface area contributed by atoms with E-state index in [0.717, 1.165) is 38.0 Å². The molecule has 9 heteroatoms. The van der Waals surface area contributed by atoms with Gasteiger partial charge in [0.05, 0.1) is 0 Å². The van der Waals surface area contributed by atoms with Crippen molar-refractivity contribution < 1.29 is 13.6 Å². The van der Waals surface area contributed by atoms with Gasteiger partial charge < -0.3 is 15.5 Å². The van der Waals surface area contributed by atoms with E-state index in [2.05, 4.69) is 34.4 Å². The van der Waals surface area contributed by atoms with Gasteiger partial charge >= 0.3 is 0 Å². The van der Waals surface area contributed by atoms with Gasteiger partial charge in [-0.1, -0.05) is 19.9 Å². The fraction of sp³-hybridized carbons (Fsp3) is 0.619. The maximum atomic E-state index is 13.4. The molecule has 30 heavy (non-hydrogen) atoms. The number of hydrogen-bond donors (Lipinski definition) is 2. The third kappa shape index (κ3) is 9.11. The van der Waals surface area contributed by atoms with E-state index in [1.165, 1.54) is 17.0 Å². The van der Waals surface area contributed by atoms with Crippen molar-refractivity contribution in [3.63, 3.8) is 0 Å². The van der Waals surface area contributed by atoms with Crippen molar-refractivity contribution in [2.24, 2.45) is 10.9 Å². The van der Waals surface area contributed by atoms with Crippen LogP contribution in [-0.4, -0.2) is 68.0 Å². The first-order chi connectivity index (χ1) is 13.7. The Balaban J connectivity index is 0.00000450. The van der Waals surface area contributed by atoms with Crippen LogP contribution in [0.2, 0.25) is 0 Å². The number of amides is 1. The lowest BCUT2D eigenvalue weighted by Crippen LogP contribution is -2.49. The molecule has 0 aliphatic carbocycles. The Bertz CT molecular complexity index is 707. The Morgan fingerprint density at radius 1 is 1.23 bits per heavy atom. The standard InChI is InChI=1S/C21H33F2N5O.HI/c1-15(2)12-24-21(25-13-20(29)27(3)4)26-17-7-9-28(10-8-17)14-16-5-6-18(22)19(23)11-16;/h5-6,11,15,17H,7-10,12-14H2,1-4H3,(H2,24,25,26);1H. The van der Waals surface area contributed by atoms with Crippen molar-refractivity contribution in [2.75, 3.05) is 40.3 Å². The second kappa shape index (κ2) is 13.0. The molecule has 0 aromatic heterocycles. The summed E-state index contributed by atoms with van der Waals surface area (Å²) >= 11 is 0. The van der Waals surface area contributed by atoms with Crippen LogP contribution in [0.3, 0.4) is 0 Å². The highest BCUT2D eigenvalue weighted by Crippen LogP contribution is 2.16. The van der Waals surface area contributed by atoms with E-state index in [0.29, 0.717) is 18.4 Å². The highest BCUT2D eigenvalue weighted by Gasteiger charge is 2.20. The molecule has 1 heterocycles. The van der Waals surface area contributed by atoms with Gasteiger partial charge in [-0.3, -0.25) is 9.69 Å². The van der Waals surface area contributed by atoms with E-state index in [1.807, 2.05) is 0 Å². The zero-order chi connectivity index (χ0) is 21.4. The number of benzene rings is 1. The Kier molecular flexibility index (Phi) is 11.5. The van der Waals surface area contributed by atoms with Crippen LogP contribution in [0.5, 0.6) is 0 Å². The molecule has 170 valence electrons. The van der Waals surface area contributed by atoms with Crippen molar-refractivity contribution >= 4 is 35.8 Å². The SMILES string of the molecule is CC(C)CNC(=NCC(=O)N(C)C)NC1CCN(Cc2ccc(F)c(F)c2)CC1.I. The molecular formula is C21H34F2IN5O. The number of hydrogen-bond acceptors (Lipinski definition) is 3. The number of carbonyl (C=O) groups excluding carboxylic acids is 1. The first-order valence-corrected chi connectivity index (χ1v) is 10.2. The second-order valence-corrected chi connectivity index (χ2v) is 8.17. The smallest absolute Gasteiger partial charge is 0.243 e. The van der Waals surface area contributed by atoms with Gasteiger partial charge in [0.1, 0.15) is 6.54 Å². The molecule has 1 aromatic rings. The number of likely N-dealkylation sites (N-methyl/N-ethyl adjacent to an activating group) is 1. The molecule has 1 aliphatic rings. The van der Waals surface area contributed by atoms with Crippen LogP contribution in [0.15, 0.2) is 23.2 Å². The summed E-state index contributed by atoms with van der Waals surface area (Å²) in [6.45, 7) is 7.42. The van der Waals surface area contributed by atoms with Crippen LogP contribution < -0.4 is 10.6 Å². The van der Waals surface area contributed by atoms with E-state index in [-0.39, 0.29) is 42.5 Å². The number of carbonyl (C=O) groups is 1. The third-order valence-corrected chi connectivity index (χ3v) is 4.87. The summed E-state index contributed by atoms with van der Waals surface area (Å²) in [5, 5.41) is 6.74. The molecule has 0 bridgehead atoms. The average Bonchev–Trinajstić information content (AvgIpc) is 2.67. The van der Waals surface area contributed by atoms with Gasteiger partial charge in [-0.2, -0.15) is 0 Å². The topological polar surface area (TPSA) is 60.0 Å². The highest BCUT2D eigenvalue weighted by molar-refractivity contribution is 14.0. The summed E-state index contributed by atoms with van der Waals surface area (Å²) in [7, 11) is 3.43. The summed E-state index contributed by atoms with van der Waals surface area (Å²) in [6, 6.07) is 4.33. The van der Waals surface area contributed by atoms with E-state index >= 15 is 0 Å². The van der Waals surface area contributed by atoms with Gasteiger partial charge in [0.25, 0.3) is 0 Å². The van der Waals surface area contributed by atoms with Crippen molar-refractivity contribution in [3.05, 3.63) is 35.4 Å². The Morgan fingerprint density at radius 3 is 2.47 bits per heavy atom. The molecule has 0 atom stereocenters. The molecular weight excluding hydrogens is 503 g/mol. The zero-order valence-electron chi connectivity index (χ0n) is 18.3. The minimum atomic E-state index is -0.815. The number of halogens is 3. The van der Waals surface area contributed by atoms with Gasteiger partial charge in [0.2, 0.25) is 5.91 Å². The summed E-state index contributed by atoms with van der Waals surface area (Å²) in [4.78, 5) is 20.0. The summed E-state index contributed by atoms with van der Waals surface area (Å²) in [6.07, 6.45) is 1.82. The second-order valence-electron chi connectivity index (χ2n) is 8.17. The molecule has 0 saturated carbocycles. The van der Waals surface area contributed by atoms with Gasteiger partial charge in [-0.15, -0.1) is 24.0 Å². The van der Waals surface area contributed by atoms with Crippen LogP contribution >= 0.6 is 24.0 Å². The molecule has 2 N–H and O–H groups in total. The predicted molar refractivity (Wildman–Crippen MR) is 127 cm³/mol. The van der Waals surface area contributed by atoms with Crippen LogP contribution in [0, 0.1) is 17.6 Å². The van der Waals surface area contributed by atoms with Crippen molar-refractivity contribution in [3.8, 4) is 0 Å². The molecule has 0 spiro atoms. The minimum absolute atomic E-state index is 0. The molecule has 1 aromatic carbocycles. The molecule has 6 nitrogen and oxygen atoms in total. The number of aliphatic imine (C=N–C) groups is 1. The average molecular weight is 537 g/mol. The Morgan fingerprint density at radius 2 is 1.90 bits per heavy atom. The fourth-order valence-corrected chi connectivity index (χ4v) is 3.07. The predicted octanol–water partition coefficient (Wildman–Crippen LogP) is 2.83. The molecule has 1 saturated heterocycles. The van der Waals surface area contributed by atoms with E-state index < -0.39 is 11.6 Å². The molecule has 1 fully saturated rings. The van der Waals surface area contributed by atoms with Gasteiger partial charge in [-0.25, -0.2) is 13.8 Å². The van der Waals surface area contributed by atoms with E-state index in [1.54, 1.807) is 20.2 Å². The van der Waals surface area contributed by atoms with Crippen molar-refractivity contribution in [1.82, 2.24) is 20.4 Å². The summed E-state index contributed by atoms with van der Waals surface area (Å²) < 4.78 is 26.5. The van der Waals surface area contributed by atoms with Crippen LogP contribution in [0.25, 0.3) is 0 Å². The number of nitrogens with one attached hydrogen (secondary N) is 2. The zero-order valence-corrected chi connectivity index (χ0v) is 20.6. The Labute approximate surface area is 195 Å². The number of guanidine groups is 1. The number of nitrogens with zero attached hydrogens (tertiary/aromatic N) is 3. The lowest BCUT2D eigenvalue weighted by molar-refractivity contribution is -0.127. The molecule has 2 rings (SSSR count). The summed E-state index contributed by atoms with van der Waals surface area (Å²) in [5.74, 6) is -0.539. The maximum Gasteiger partial charge on any atom is 0.243 e. The van der Waals surface area contributed by atoms with Gasteiger partial charge in [0, 0.05) is 46.3 Å². The van der Waals surface area contributed by atoms with Crippen LogP contribution in [0.4, 0.5) is 8.78 Å². The molecule has 0 radical (unpaired) electrons. The van der Waals surface area contributed by atoms with E-state index in [9.17, 15) is 13.6 Å². The quantitative estimate of drug-likeness (QED) is 0.319. The third-order valence-electron chi connectivity index (χ3n) is 4.87. The Hall–Kier alpha value is -1.49. The van der Waals surface area contributed by atoms with Crippen molar-refractivity contribution in [2.45, 2.75) is 39.3 Å². The monoisotopic (exact) mass is 537 g/mol. The lowest BCUT2D eigenvalue weighted by Gasteiger charge is -2.33. The first-order valence-electron chi connectivity index (χ1n) is 10.2. The van der Waals surface area contributed by atoms with Crippen molar-refractivity contribution in [1.29, 1.82) is 0 Å². The van der Waals surface area contributed by atoms with Gasteiger partial charge in [-0.05, 0) is 36.5 Å². The lowest BCUT2D eigenvalue weighted by atomic mass is 10.0. The highest BCUT2D eigenvalue weighted by atomic mass is 127.